The van der Waals surface area contributed by atoms with Crippen LogP contribution in [-0.2, 0) is 10.0 Å². The average Bonchev–Trinajstić information content (AvgIpc) is 2.53. The number of sulfonamides is 1. The summed E-state index contributed by atoms with van der Waals surface area (Å²) in [4.78, 5) is 31.1. The third-order valence-corrected chi connectivity index (χ3v) is 5.23. The molecular weight excluding hydrogens is 358 g/mol. The third kappa shape index (κ3) is 4.01. The first kappa shape index (κ1) is 18.6. The van der Waals surface area contributed by atoms with Gasteiger partial charge in [0.25, 0.3) is 5.56 Å². The lowest BCUT2D eigenvalue weighted by Gasteiger charge is -2.22. The minimum atomic E-state index is -3.76. The molecule has 11 heteroatoms. The first-order valence-corrected chi connectivity index (χ1v) is 8.77. The van der Waals surface area contributed by atoms with Crippen LogP contribution in [0.5, 0.6) is 0 Å². The van der Waals surface area contributed by atoms with E-state index in [-0.39, 0.29) is 34.3 Å². The van der Waals surface area contributed by atoms with Crippen molar-refractivity contribution in [1.82, 2.24) is 25.0 Å². The first-order valence-electron chi connectivity index (χ1n) is 7.28. The molecule has 0 aromatic carbocycles. The van der Waals surface area contributed by atoms with E-state index in [4.69, 9.17) is 0 Å². The Morgan fingerprint density at radius 3 is 2.79 bits per heavy atom. The van der Waals surface area contributed by atoms with E-state index in [0.717, 1.165) is 32.1 Å². The molecule has 2 aromatic rings. The Kier molecular flexibility index (Phi) is 5.75. The smallest absolute Gasteiger partial charge is 0.316 e. The molecule has 1 unspecified atom stereocenters. The van der Waals surface area contributed by atoms with Crippen LogP contribution in [0.2, 0.25) is 0 Å². The average molecular weight is 376 g/mol. The zero-order valence-corrected chi connectivity index (χ0v) is 14.3. The SMILES string of the molecule is Cl.O=c1[nH]c(=O)c2cc(S(=O)(=O)NCC3CCCNC3)cnc2[nH]1. The molecule has 1 aliphatic heterocycles. The molecule has 2 aromatic heterocycles. The largest absolute Gasteiger partial charge is 0.327 e. The number of H-pyrrole nitrogens is 2. The first-order chi connectivity index (χ1) is 11.0. The van der Waals surface area contributed by atoms with E-state index >= 15 is 0 Å². The fraction of sp³-hybridized carbons (Fsp3) is 0.462. The molecule has 4 N–H and O–H groups in total. The number of hydrogen-bond donors (Lipinski definition) is 4. The summed E-state index contributed by atoms with van der Waals surface area (Å²) in [5.74, 6) is 0.242. The van der Waals surface area contributed by atoms with E-state index < -0.39 is 21.3 Å². The molecule has 0 bridgehead atoms. The second kappa shape index (κ2) is 7.43. The molecule has 1 atom stereocenters. The zero-order chi connectivity index (χ0) is 16.4. The van der Waals surface area contributed by atoms with E-state index in [0.29, 0.717) is 6.54 Å². The van der Waals surface area contributed by atoms with Gasteiger partial charge in [0.15, 0.2) is 0 Å². The van der Waals surface area contributed by atoms with E-state index in [1.807, 2.05) is 4.98 Å². The Bertz CT molecular complexity index is 933. The summed E-state index contributed by atoms with van der Waals surface area (Å²) in [5.41, 5.74) is -1.31. The Balaban J connectivity index is 0.00000208. The van der Waals surface area contributed by atoms with Gasteiger partial charge in [0.1, 0.15) is 10.5 Å². The Morgan fingerprint density at radius 2 is 2.08 bits per heavy atom. The van der Waals surface area contributed by atoms with Gasteiger partial charge in [-0.05, 0) is 37.9 Å². The van der Waals surface area contributed by atoms with Gasteiger partial charge in [-0.2, -0.15) is 0 Å². The Morgan fingerprint density at radius 1 is 1.29 bits per heavy atom. The van der Waals surface area contributed by atoms with Crippen LogP contribution in [0.4, 0.5) is 0 Å². The van der Waals surface area contributed by atoms with Crippen molar-refractivity contribution in [3.63, 3.8) is 0 Å². The van der Waals surface area contributed by atoms with Gasteiger partial charge < -0.3 is 5.32 Å². The molecule has 3 rings (SSSR count). The van der Waals surface area contributed by atoms with Gasteiger partial charge in [-0.15, -0.1) is 12.4 Å². The fourth-order valence-electron chi connectivity index (χ4n) is 2.58. The second-order valence-electron chi connectivity index (χ2n) is 5.54. The van der Waals surface area contributed by atoms with Crippen molar-refractivity contribution >= 4 is 33.5 Å². The molecular formula is C13H18ClN5O4S. The van der Waals surface area contributed by atoms with Crippen molar-refractivity contribution in [3.8, 4) is 0 Å². The second-order valence-corrected chi connectivity index (χ2v) is 7.31. The highest BCUT2D eigenvalue weighted by atomic mass is 35.5. The summed E-state index contributed by atoms with van der Waals surface area (Å²) in [5, 5.41) is 3.24. The van der Waals surface area contributed by atoms with E-state index in [2.05, 4.69) is 20.0 Å². The molecule has 24 heavy (non-hydrogen) atoms. The quantitative estimate of drug-likeness (QED) is 0.558. The molecule has 0 radical (unpaired) electrons. The van der Waals surface area contributed by atoms with Gasteiger partial charge in [-0.3, -0.25) is 14.8 Å². The number of pyridine rings is 1. The lowest BCUT2D eigenvalue weighted by molar-refractivity contribution is 0.376. The van der Waals surface area contributed by atoms with Crippen LogP contribution in [0.25, 0.3) is 11.0 Å². The van der Waals surface area contributed by atoms with E-state index in [1.54, 1.807) is 0 Å². The number of rotatable bonds is 4. The van der Waals surface area contributed by atoms with Crippen molar-refractivity contribution in [3.05, 3.63) is 33.1 Å². The molecule has 1 saturated heterocycles. The van der Waals surface area contributed by atoms with Crippen molar-refractivity contribution in [2.75, 3.05) is 19.6 Å². The van der Waals surface area contributed by atoms with Gasteiger partial charge in [0, 0.05) is 12.7 Å². The number of hydrogen-bond acceptors (Lipinski definition) is 6. The predicted octanol–water partition coefficient (Wildman–Crippen LogP) is -0.689. The van der Waals surface area contributed by atoms with Crippen LogP contribution in [-0.4, -0.2) is 43.0 Å². The number of piperidine rings is 1. The van der Waals surface area contributed by atoms with Crippen LogP contribution in [0, 0.1) is 5.92 Å². The summed E-state index contributed by atoms with van der Waals surface area (Å²) < 4.78 is 27.2. The van der Waals surface area contributed by atoms with Crippen LogP contribution in [0.3, 0.4) is 0 Å². The number of fused-ring (bicyclic) bond motifs is 1. The Labute approximate surface area is 143 Å². The van der Waals surface area contributed by atoms with E-state index in [9.17, 15) is 18.0 Å². The molecule has 0 spiro atoms. The monoisotopic (exact) mass is 375 g/mol. The lowest BCUT2D eigenvalue weighted by atomic mass is 10.0. The zero-order valence-electron chi connectivity index (χ0n) is 12.7. The normalized spacial score (nSPS) is 18.2. The highest BCUT2D eigenvalue weighted by Gasteiger charge is 2.20. The summed E-state index contributed by atoms with van der Waals surface area (Å²) in [6.07, 6.45) is 3.11. The van der Waals surface area contributed by atoms with Crippen LogP contribution in [0.1, 0.15) is 12.8 Å². The summed E-state index contributed by atoms with van der Waals surface area (Å²) in [6.45, 7) is 2.06. The van der Waals surface area contributed by atoms with Crippen LogP contribution >= 0.6 is 12.4 Å². The van der Waals surface area contributed by atoms with Crippen molar-refractivity contribution in [2.24, 2.45) is 5.92 Å². The van der Waals surface area contributed by atoms with Crippen molar-refractivity contribution < 1.29 is 8.42 Å². The number of aromatic nitrogens is 3. The molecule has 132 valence electrons. The molecule has 0 amide bonds. The number of aromatic amines is 2. The molecule has 0 aliphatic carbocycles. The molecule has 1 aliphatic rings. The number of nitrogens with zero attached hydrogens (tertiary/aromatic N) is 1. The van der Waals surface area contributed by atoms with Gasteiger partial charge in [-0.25, -0.2) is 22.9 Å². The van der Waals surface area contributed by atoms with Crippen LogP contribution in [0.15, 0.2) is 26.7 Å². The van der Waals surface area contributed by atoms with Gasteiger partial charge >= 0.3 is 5.69 Å². The maximum absolute atomic E-state index is 12.3. The van der Waals surface area contributed by atoms with Gasteiger partial charge in [0.05, 0.1) is 5.39 Å². The highest BCUT2D eigenvalue weighted by molar-refractivity contribution is 7.89. The maximum atomic E-state index is 12.3. The minimum Gasteiger partial charge on any atom is -0.316 e. The van der Waals surface area contributed by atoms with Crippen molar-refractivity contribution in [2.45, 2.75) is 17.7 Å². The topological polar surface area (TPSA) is 137 Å². The standard InChI is InChI=1S/C13H17N5O4S.ClH/c19-12-10-4-9(7-15-11(10)17-13(20)18-12)23(21,22)16-6-8-2-1-3-14-5-8;/h4,7-8,14,16H,1-3,5-6H2,(H2,15,17,18,19,20);1H. The van der Waals surface area contributed by atoms with Gasteiger partial charge in [0.2, 0.25) is 10.0 Å². The maximum Gasteiger partial charge on any atom is 0.327 e. The summed E-state index contributed by atoms with van der Waals surface area (Å²) in [7, 11) is -3.76. The molecule has 0 saturated carbocycles. The molecule has 3 heterocycles. The van der Waals surface area contributed by atoms with Gasteiger partial charge in [-0.1, -0.05) is 0 Å². The number of halogens is 1. The summed E-state index contributed by atoms with van der Waals surface area (Å²) >= 11 is 0. The Hall–Kier alpha value is -1.75. The van der Waals surface area contributed by atoms with Crippen molar-refractivity contribution in [1.29, 1.82) is 0 Å². The molecule has 9 nitrogen and oxygen atoms in total. The lowest BCUT2D eigenvalue weighted by Crippen LogP contribution is -2.38. The van der Waals surface area contributed by atoms with Crippen LogP contribution < -0.4 is 21.3 Å². The fourth-order valence-corrected chi connectivity index (χ4v) is 3.67. The predicted molar refractivity (Wildman–Crippen MR) is 91.0 cm³/mol. The third-order valence-electron chi connectivity index (χ3n) is 3.84. The number of nitrogens with one attached hydrogen (secondary N) is 4. The highest BCUT2D eigenvalue weighted by Crippen LogP contribution is 2.13. The minimum absolute atomic E-state index is 0. The van der Waals surface area contributed by atoms with E-state index in [1.165, 1.54) is 6.07 Å². The molecule has 1 fully saturated rings. The summed E-state index contributed by atoms with van der Waals surface area (Å²) in [6, 6.07) is 1.21.